The molecule has 0 bridgehead atoms. The first-order valence-electron chi connectivity index (χ1n) is 9.49. The van der Waals surface area contributed by atoms with Gasteiger partial charge < -0.3 is 13.9 Å². The number of esters is 1. The second-order valence-electron chi connectivity index (χ2n) is 6.67. The van der Waals surface area contributed by atoms with Crippen LogP contribution in [0.2, 0.25) is 0 Å². The van der Waals surface area contributed by atoms with Gasteiger partial charge in [0.25, 0.3) is 0 Å². The number of benzene rings is 2. The van der Waals surface area contributed by atoms with E-state index in [1.165, 1.54) is 0 Å². The summed E-state index contributed by atoms with van der Waals surface area (Å²) in [5.74, 6) is 1.49. The number of rotatable bonds is 8. The summed E-state index contributed by atoms with van der Waals surface area (Å²) in [5, 5.41) is 1.11. The third-order valence-corrected chi connectivity index (χ3v) is 4.42. The Morgan fingerprint density at radius 1 is 1.11 bits per heavy atom. The number of aryl methyl sites for hydroxylation is 2. The third kappa shape index (κ3) is 4.70. The van der Waals surface area contributed by atoms with Crippen LogP contribution in [0.25, 0.3) is 11.0 Å². The highest BCUT2D eigenvalue weighted by Crippen LogP contribution is 2.27. The van der Waals surface area contributed by atoms with Crippen LogP contribution < -0.4 is 4.74 Å². The van der Waals surface area contributed by atoms with Crippen molar-refractivity contribution in [3.8, 4) is 5.75 Å². The van der Waals surface area contributed by atoms with E-state index in [4.69, 9.17) is 13.9 Å². The van der Waals surface area contributed by atoms with Crippen molar-refractivity contribution in [1.29, 1.82) is 0 Å². The van der Waals surface area contributed by atoms with E-state index in [1.807, 2.05) is 24.3 Å². The summed E-state index contributed by atoms with van der Waals surface area (Å²) in [6.45, 7) is 6.82. The number of para-hydroxylation sites is 1. The largest absolute Gasteiger partial charge is 0.489 e. The zero-order chi connectivity index (χ0) is 19.2. The molecule has 0 spiro atoms. The fourth-order valence-corrected chi connectivity index (χ4v) is 3.23. The lowest BCUT2D eigenvalue weighted by Crippen LogP contribution is -2.09. The number of hydrogen-bond donors (Lipinski definition) is 0. The van der Waals surface area contributed by atoms with E-state index in [9.17, 15) is 4.79 Å². The van der Waals surface area contributed by atoms with Crippen LogP contribution in [0.4, 0.5) is 0 Å². The zero-order valence-electron chi connectivity index (χ0n) is 16.2. The van der Waals surface area contributed by atoms with Gasteiger partial charge in [-0.3, -0.25) is 4.79 Å². The van der Waals surface area contributed by atoms with E-state index < -0.39 is 0 Å². The molecule has 142 valence electrons. The Labute approximate surface area is 160 Å². The quantitative estimate of drug-likeness (QED) is 0.502. The summed E-state index contributed by atoms with van der Waals surface area (Å²) in [6, 6.07) is 13.9. The van der Waals surface area contributed by atoms with Crippen molar-refractivity contribution < 1.29 is 18.7 Å². The Morgan fingerprint density at radius 3 is 2.70 bits per heavy atom. The molecule has 0 N–H and O–H groups in total. The maximum absolute atomic E-state index is 11.8. The van der Waals surface area contributed by atoms with Crippen LogP contribution in [0.15, 0.2) is 46.9 Å². The molecule has 0 amide bonds. The van der Waals surface area contributed by atoms with Crippen molar-refractivity contribution in [3.05, 3.63) is 64.9 Å². The number of carbonyl (C=O) groups is 1. The average molecular weight is 366 g/mol. The molecule has 0 unspecified atom stereocenters. The van der Waals surface area contributed by atoms with Gasteiger partial charge in [0, 0.05) is 17.4 Å². The summed E-state index contributed by atoms with van der Waals surface area (Å²) >= 11 is 0. The maximum Gasteiger partial charge on any atom is 0.310 e. The lowest BCUT2D eigenvalue weighted by Gasteiger charge is -2.12. The van der Waals surface area contributed by atoms with Crippen molar-refractivity contribution in [1.82, 2.24) is 0 Å². The van der Waals surface area contributed by atoms with Gasteiger partial charge >= 0.3 is 5.97 Å². The summed E-state index contributed by atoms with van der Waals surface area (Å²) < 4.78 is 17.0. The Balaban J connectivity index is 1.76. The highest BCUT2D eigenvalue weighted by molar-refractivity contribution is 5.82. The molecule has 0 saturated heterocycles. The van der Waals surface area contributed by atoms with Crippen LogP contribution in [-0.2, 0) is 29.0 Å². The van der Waals surface area contributed by atoms with E-state index in [1.54, 1.807) is 6.92 Å². The minimum atomic E-state index is -0.243. The molecule has 0 fully saturated rings. The van der Waals surface area contributed by atoms with Crippen molar-refractivity contribution in [3.63, 3.8) is 0 Å². The Hall–Kier alpha value is -2.75. The first-order valence-corrected chi connectivity index (χ1v) is 9.49. The van der Waals surface area contributed by atoms with Gasteiger partial charge in [0.2, 0.25) is 0 Å². The standard InChI is InChI=1S/C23H26O4/c1-4-8-20-13-19-12-17(11-16(3)23(19)27-20)15-26-21-10-7-6-9-18(21)14-22(24)25-5-2/h6-7,9-13H,4-5,8,14-15H2,1-3H3. The van der Waals surface area contributed by atoms with Gasteiger partial charge in [0.15, 0.2) is 0 Å². The molecule has 1 aromatic heterocycles. The topological polar surface area (TPSA) is 48.7 Å². The fourth-order valence-electron chi connectivity index (χ4n) is 3.23. The zero-order valence-corrected chi connectivity index (χ0v) is 16.2. The molecule has 0 radical (unpaired) electrons. The number of ether oxygens (including phenoxy) is 2. The first-order chi connectivity index (χ1) is 13.1. The normalized spacial score (nSPS) is 10.9. The molecule has 1 heterocycles. The summed E-state index contributed by atoms with van der Waals surface area (Å²) in [5.41, 5.74) is 3.97. The van der Waals surface area contributed by atoms with Gasteiger partial charge in [-0.05, 0) is 55.7 Å². The van der Waals surface area contributed by atoms with Crippen molar-refractivity contribution in [2.45, 2.75) is 46.6 Å². The lowest BCUT2D eigenvalue weighted by molar-refractivity contribution is -0.142. The minimum absolute atomic E-state index is 0.212. The molecule has 0 aliphatic heterocycles. The molecule has 3 rings (SSSR count). The second kappa shape index (κ2) is 8.76. The van der Waals surface area contributed by atoms with Gasteiger partial charge in [0.05, 0.1) is 13.0 Å². The van der Waals surface area contributed by atoms with Crippen LogP contribution in [0.1, 0.15) is 42.7 Å². The van der Waals surface area contributed by atoms with E-state index in [-0.39, 0.29) is 12.4 Å². The first kappa shape index (κ1) is 19.0. The molecule has 4 heteroatoms. The molecule has 3 aromatic rings. The molecule has 2 aromatic carbocycles. The Morgan fingerprint density at radius 2 is 1.93 bits per heavy atom. The summed E-state index contributed by atoms with van der Waals surface area (Å²) in [7, 11) is 0. The Kier molecular flexibility index (Phi) is 6.17. The van der Waals surface area contributed by atoms with E-state index >= 15 is 0 Å². The summed E-state index contributed by atoms with van der Waals surface area (Å²) in [4.78, 5) is 11.8. The molecular formula is C23H26O4. The van der Waals surface area contributed by atoms with Gasteiger partial charge in [-0.15, -0.1) is 0 Å². The van der Waals surface area contributed by atoms with E-state index in [2.05, 4.69) is 32.0 Å². The monoisotopic (exact) mass is 366 g/mol. The molecule has 0 atom stereocenters. The maximum atomic E-state index is 11.8. The van der Waals surface area contributed by atoms with Crippen LogP contribution in [0.5, 0.6) is 5.75 Å². The fraction of sp³-hybridized carbons (Fsp3) is 0.348. The summed E-state index contributed by atoms with van der Waals surface area (Å²) in [6.07, 6.45) is 2.22. The number of carbonyl (C=O) groups excluding carboxylic acids is 1. The molecule has 0 aliphatic carbocycles. The van der Waals surface area contributed by atoms with Gasteiger partial charge in [-0.2, -0.15) is 0 Å². The van der Waals surface area contributed by atoms with E-state index in [0.29, 0.717) is 19.0 Å². The molecule has 4 nitrogen and oxygen atoms in total. The number of hydrogen-bond acceptors (Lipinski definition) is 4. The van der Waals surface area contributed by atoms with Gasteiger partial charge in [-0.1, -0.05) is 25.1 Å². The molecule has 0 saturated carbocycles. The third-order valence-electron chi connectivity index (χ3n) is 4.42. The lowest BCUT2D eigenvalue weighted by atomic mass is 10.1. The van der Waals surface area contributed by atoms with Gasteiger partial charge in [0.1, 0.15) is 23.7 Å². The van der Waals surface area contributed by atoms with Crippen molar-refractivity contribution in [2.24, 2.45) is 0 Å². The molecular weight excluding hydrogens is 340 g/mol. The van der Waals surface area contributed by atoms with E-state index in [0.717, 1.165) is 46.3 Å². The Bertz CT molecular complexity index is 923. The van der Waals surface area contributed by atoms with Gasteiger partial charge in [-0.25, -0.2) is 0 Å². The van der Waals surface area contributed by atoms with Crippen molar-refractivity contribution in [2.75, 3.05) is 6.61 Å². The van der Waals surface area contributed by atoms with Crippen LogP contribution >= 0.6 is 0 Å². The highest BCUT2D eigenvalue weighted by atomic mass is 16.5. The van der Waals surface area contributed by atoms with Crippen LogP contribution in [-0.4, -0.2) is 12.6 Å². The van der Waals surface area contributed by atoms with Crippen LogP contribution in [0.3, 0.4) is 0 Å². The SMILES string of the molecule is CCCc1cc2cc(COc3ccccc3CC(=O)OCC)cc(C)c2o1. The molecule has 0 aliphatic rings. The minimum Gasteiger partial charge on any atom is -0.489 e. The predicted molar refractivity (Wildman–Crippen MR) is 106 cm³/mol. The smallest absolute Gasteiger partial charge is 0.310 e. The second-order valence-corrected chi connectivity index (χ2v) is 6.67. The predicted octanol–water partition coefficient (Wildman–Crippen LogP) is 5.38. The average Bonchev–Trinajstić information content (AvgIpc) is 3.05. The number of fused-ring (bicyclic) bond motifs is 1. The molecule has 27 heavy (non-hydrogen) atoms. The van der Waals surface area contributed by atoms with Crippen LogP contribution in [0, 0.1) is 6.92 Å². The highest BCUT2D eigenvalue weighted by Gasteiger charge is 2.11. The van der Waals surface area contributed by atoms with Crippen molar-refractivity contribution >= 4 is 16.9 Å². The number of furan rings is 1.